The molecule has 1 amide bonds. The summed E-state index contributed by atoms with van der Waals surface area (Å²) in [5.41, 5.74) is 0.242. The smallest absolute Gasteiger partial charge is 0.407 e. The van der Waals surface area contributed by atoms with E-state index in [0.29, 0.717) is 0 Å². The molecule has 0 saturated carbocycles. The summed E-state index contributed by atoms with van der Waals surface area (Å²) in [6.45, 7) is 3.87. The van der Waals surface area contributed by atoms with Gasteiger partial charge in [-0.1, -0.05) is 30.3 Å². The Bertz CT molecular complexity index is 437. The third-order valence-corrected chi connectivity index (χ3v) is 2.23. The van der Waals surface area contributed by atoms with Crippen LogP contribution in [0.25, 0.3) is 0 Å². The number of alkyl carbamates (subject to hydrolysis) is 1. The van der Waals surface area contributed by atoms with Gasteiger partial charge in [0.1, 0.15) is 6.61 Å². The minimum absolute atomic E-state index is 0.212. The van der Waals surface area contributed by atoms with Crippen molar-refractivity contribution in [1.29, 1.82) is 0 Å². The van der Waals surface area contributed by atoms with Crippen LogP contribution < -0.4 is 5.32 Å². The van der Waals surface area contributed by atoms with E-state index in [1.54, 1.807) is 13.8 Å². The quantitative estimate of drug-likeness (QED) is 0.640. The van der Waals surface area contributed by atoms with E-state index in [-0.39, 0.29) is 13.2 Å². The second-order valence-corrected chi connectivity index (χ2v) is 4.43. The molecule has 0 radical (unpaired) electrons. The molecule has 1 aromatic rings. The summed E-state index contributed by atoms with van der Waals surface area (Å²) in [5.74, 6) is 0. The van der Waals surface area contributed by atoms with Gasteiger partial charge in [-0.2, -0.15) is 4.99 Å². The zero-order valence-electron chi connectivity index (χ0n) is 10.5. The number of hydrogen-bond donors (Lipinski definition) is 1. The number of carbonyl (C=O) groups excluding carboxylic acids is 2. The number of amides is 1. The summed E-state index contributed by atoms with van der Waals surface area (Å²) >= 11 is 0. The summed E-state index contributed by atoms with van der Waals surface area (Å²) in [7, 11) is 0. The van der Waals surface area contributed by atoms with Gasteiger partial charge >= 0.3 is 6.09 Å². The van der Waals surface area contributed by atoms with Crippen molar-refractivity contribution in [2.24, 2.45) is 4.99 Å². The molecule has 0 aliphatic heterocycles. The zero-order chi connectivity index (χ0) is 13.4. The Morgan fingerprint density at radius 3 is 2.67 bits per heavy atom. The number of nitrogens with one attached hydrogen (secondary N) is 1. The Labute approximate surface area is 106 Å². The molecule has 0 heterocycles. The molecule has 5 nitrogen and oxygen atoms in total. The van der Waals surface area contributed by atoms with Crippen LogP contribution in [0.2, 0.25) is 0 Å². The van der Waals surface area contributed by atoms with Gasteiger partial charge < -0.3 is 10.1 Å². The summed E-state index contributed by atoms with van der Waals surface area (Å²) in [6, 6.07) is 9.38. The Morgan fingerprint density at radius 1 is 1.39 bits per heavy atom. The van der Waals surface area contributed by atoms with Crippen LogP contribution in [0.4, 0.5) is 4.79 Å². The van der Waals surface area contributed by atoms with E-state index in [4.69, 9.17) is 4.74 Å². The Balaban J connectivity index is 2.32. The molecule has 5 heteroatoms. The van der Waals surface area contributed by atoms with E-state index in [0.717, 1.165) is 5.56 Å². The molecule has 1 aromatic carbocycles. The minimum atomic E-state index is -0.673. The van der Waals surface area contributed by atoms with Crippen LogP contribution in [0, 0.1) is 0 Å². The fraction of sp³-hybridized carbons (Fsp3) is 0.385. The highest BCUT2D eigenvalue weighted by atomic mass is 16.5. The Morgan fingerprint density at radius 2 is 2.06 bits per heavy atom. The summed E-state index contributed by atoms with van der Waals surface area (Å²) in [6.07, 6.45) is 0.938. The van der Waals surface area contributed by atoms with Gasteiger partial charge in [0.15, 0.2) is 0 Å². The molecular weight excluding hydrogens is 232 g/mol. The first-order valence-corrected chi connectivity index (χ1v) is 5.57. The van der Waals surface area contributed by atoms with Crippen molar-refractivity contribution in [2.75, 3.05) is 6.54 Å². The number of benzene rings is 1. The van der Waals surface area contributed by atoms with Crippen LogP contribution in [0.1, 0.15) is 19.4 Å². The second-order valence-electron chi connectivity index (χ2n) is 4.43. The monoisotopic (exact) mass is 248 g/mol. The van der Waals surface area contributed by atoms with Gasteiger partial charge in [-0.05, 0) is 19.4 Å². The fourth-order valence-electron chi connectivity index (χ4n) is 1.23. The van der Waals surface area contributed by atoms with Crippen molar-refractivity contribution in [3.8, 4) is 0 Å². The van der Waals surface area contributed by atoms with Gasteiger partial charge in [0.25, 0.3) is 0 Å². The Hall–Kier alpha value is -2.13. The lowest BCUT2D eigenvalue weighted by Gasteiger charge is -2.17. The standard InChI is InChI=1S/C13H16N2O3/c1-13(2,15-10-16)9-14-12(17)18-8-11-6-4-3-5-7-11/h3-7H,8-9H2,1-2H3,(H,14,17). The molecular formula is C13H16N2O3. The Kier molecular flexibility index (Phi) is 5.08. The lowest BCUT2D eigenvalue weighted by molar-refractivity contribution is 0.138. The number of isocyanates is 1. The molecule has 1 N–H and O–H groups in total. The maximum absolute atomic E-state index is 11.4. The van der Waals surface area contributed by atoms with Crippen molar-refractivity contribution in [2.45, 2.75) is 26.0 Å². The van der Waals surface area contributed by atoms with Crippen molar-refractivity contribution in [3.05, 3.63) is 35.9 Å². The van der Waals surface area contributed by atoms with Crippen LogP contribution in [0.5, 0.6) is 0 Å². The van der Waals surface area contributed by atoms with E-state index in [1.165, 1.54) is 6.08 Å². The predicted molar refractivity (Wildman–Crippen MR) is 66.8 cm³/mol. The third kappa shape index (κ3) is 5.27. The SMILES string of the molecule is CC(C)(CNC(=O)OCc1ccccc1)N=C=O. The lowest BCUT2D eigenvalue weighted by Crippen LogP contribution is -2.37. The minimum Gasteiger partial charge on any atom is -0.445 e. The van der Waals surface area contributed by atoms with Gasteiger partial charge in [0.05, 0.1) is 5.54 Å². The number of rotatable bonds is 5. The molecule has 0 spiro atoms. The number of nitrogens with zero attached hydrogens (tertiary/aromatic N) is 1. The molecule has 0 aliphatic rings. The normalized spacial score (nSPS) is 10.3. The van der Waals surface area contributed by atoms with Gasteiger partial charge in [0, 0.05) is 6.54 Å². The van der Waals surface area contributed by atoms with Crippen LogP contribution in [0.3, 0.4) is 0 Å². The molecule has 1 rings (SSSR count). The van der Waals surface area contributed by atoms with E-state index in [2.05, 4.69) is 10.3 Å². The number of aliphatic imine (C=N–C) groups is 1. The zero-order valence-corrected chi connectivity index (χ0v) is 10.5. The van der Waals surface area contributed by atoms with Crippen molar-refractivity contribution in [1.82, 2.24) is 5.32 Å². The topological polar surface area (TPSA) is 67.8 Å². The lowest BCUT2D eigenvalue weighted by atomic mass is 10.1. The van der Waals surface area contributed by atoms with Crippen molar-refractivity contribution < 1.29 is 14.3 Å². The van der Waals surface area contributed by atoms with Crippen LogP contribution in [-0.4, -0.2) is 24.3 Å². The molecule has 0 aliphatic carbocycles. The average Bonchev–Trinajstić information content (AvgIpc) is 2.35. The van der Waals surface area contributed by atoms with E-state index >= 15 is 0 Å². The molecule has 96 valence electrons. The summed E-state index contributed by atoms with van der Waals surface area (Å²) in [4.78, 5) is 25.1. The summed E-state index contributed by atoms with van der Waals surface area (Å²) in [5, 5.41) is 2.54. The maximum atomic E-state index is 11.4. The molecule has 0 fully saturated rings. The van der Waals surface area contributed by atoms with E-state index < -0.39 is 11.6 Å². The molecule has 0 bridgehead atoms. The number of ether oxygens (including phenoxy) is 1. The summed E-state index contributed by atoms with van der Waals surface area (Å²) < 4.78 is 5.01. The van der Waals surface area contributed by atoms with Crippen LogP contribution >= 0.6 is 0 Å². The third-order valence-electron chi connectivity index (χ3n) is 2.23. The van der Waals surface area contributed by atoms with Crippen molar-refractivity contribution >= 4 is 12.2 Å². The van der Waals surface area contributed by atoms with Crippen LogP contribution in [0.15, 0.2) is 35.3 Å². The fourth-order valence-corrected chi connectivity index (χ4v) is 1.23. The number of carbonyl (C=O) groups is 1. The second kappa shape index (κ2) is 6.57. The predicted octanol–water partition coefficient (Wildman–Crippen LogP) is 2.03. The van der Waals surface area contributed by atoms with Crippen molar-refractivity contribution in [3.63, 3.8) is 0 Å². The van der Waals surface area contributed by atoms with Gasteiger partial charge in [-0.3, -0.25) is 0 Å². The molecule has 0 aromatic heterocycles. The van der Waals surface area contributed by atoms with Gasteiger partial charge in [-0.25, -0.2) is 9.59 Å². The highest BCUT2D eigenvalue weighted by Crippen LogP contribution is 2.06. The molecule has 0 unspecified atom stereocenters. The molecule has 0 saturated heterocycles. The maximum Gasteiger partial charge on any atom is 0.407 e. The highest BCUT2D eigenvalue weighted by Gasteiger charge is 2.17. The average molecular weight is 248 g/mol. The first kappa shape index (κ1) is 13.9. The molecule has 18 heavy (non-hydrogen) atoms. The first-order chi connectivity index (χ1) is 8.53. The van der Waals surface area contributed by atoms with E-state index in [1.807, 2.05) is 30.3 Å². The van der Waals surface area contributed by atoms with E-state index in [9.17, 15) is 9.59 Å². The van der Waals surface area contributed by atoms with Gasteiger partial charge in [-0.15, -0.1) is 0 Å². The first-order valence-electron chi connectivity index (χ1n) is 5.57. The molecule has 0 atom stereocenters. The largest absolute Gasteiger partial charge is 0.445 e. The van der Waals surface area contributed by atoms with Crippen LogP contribution in [-0.2, 0) is 16.1 Å². The number of hydrogen-bond acceptors (Lipinski definition) is 4. The highest BCUT2D eigenvalue weighted by molar-refractivity contribution is 5.67. The van der Waals surface area contributed by atoms with Gasteiger partial charge in [0.2, 0.25) is 6.08 Å².